The fourth-order valence-electron chi connectivity index (χ4n) is 2.64. The van der Waals surface area contributed by atoms with Gasteiger partial charge in [-0.1, -0.05) is 96.8 Å². The molecule has 0 aromatic rings. The second kappa shape index (κ2) is 20.4. The smallest absolute Gasteiger partial charge is 0.550 e. The van der Waals surface area contributed by atoms with Crippen molar-refractivity contribution in [2.24, 2.45) is 0 Å². The Morgan fingerprint density at radius 1 is 0.619 bits per heavy atom. The van der Waals surface area contributed by atoms with Gasteiger partial charge in [-0.3, -0.25) is 0 Å². The second-order valence-corrected chi connectivity index (χ2v) is 6.07. The molecule has 0 saturated heterocycles. The average molecular weight is 484 g/mol. The van der Waals surface area contributed by atoms with E-state index in [1.807, 2.05) is 0 Å². The first-order valence-electron chi connectivity index (χ1n) is 8.97. The van der Waals surface area contributed by atoms with Crippen molar-refractivity contribution in [2.45, 2.75) is 110 Å². The number of carbonyl (C=O) groups is 1. The fourth-order valence-corrected chi connectivity index (χ4v) is 2.64. The largest absolute Gasteiger partial charge is 1.00 e. The zero-order valence-corrected chi connectivity index (χ0v) is 19.8. The summed E-state index contributed by atoms with van der Waals surface area (Å²) in [5.74, 6) is -0.903. The minimum atomic E-state index is -0.903. The first kappa shape index (κ1) is 23.7. The number of hydrogen-bond acceptors (Lipinski definition) is 2. The van der Waals surface area contributed by atoms with E-state index in [1.165, 1.54) is 83.5 Å². The fraction of sp³-hybridized carbons (Fsp3) is 0.944. The molecule has 1 radical (unpaired) electrons. The van der Waals surface area contributed by atoms with E-state index in [0.717, 1.165) is 12.8 Å². The van der Waals surface area contributed by atoms with Crippen molar-refractivity contribution < 1.29 is 37.6 Å². The minimum absolute atomic E-state index is 0. The molecule has 121 valence electrons. The number of carbonyl (C=O) groups excluding carboxylic acids is 1. The molecular weight excluding hydrogens is 449 g/mol. The SMILES string of the molecule is CCCCCCCCCCCCCCCCCC(=O)[O-].[Hg+]. The predicted molar refractivity (Wildman–Crippen MR) is 84.6 cm³/mol. The molecule has 0 atom stereocenters. The van der Waals surface area contributed by atoms with Gasteiger partial charge in [-0.25, -0.2) is 0 Å². The van der Waals surface area contributed by atoms with Gasteiger partial charge in [-0.2, -0.15) is 0 Å². The maximum atomic E-state index is 10.2. The number of aliphatic carboxylic acids is 1. The van der Waals surface area contributed by atoms with E-state index in [1.54, 1.807) is 0 Å². The van der Waals surface area contributed by atoms with Crippen LogP contribution in [-0.2, 0) is 32.5 Å². The van der Waals surface area contributed by atoms with Crippen LogP contribution in [0.5, 0.6) is 0 Å². The van der Waals surface area contributed by atoms with Gasteiger partial charge in [0.25, 0.3) is 0 Å². The van der Waals surface area contributed by atoms with E-state index in [0.29, 0.717) is 0 Å². The third kappa shape index (κ3) is 22.8. The minimum Gasteiger partial charge on any atom is -0.550 e. The third-order valence-electron chi connectivity index (χ3n) is 3.98. The molecule has 0 aromatic heterocycles. The summed E-state index contributed by atoms with van der Waals surface area (Å²) in [5.41, 5.74) is 0. The maximum absolute atomic E-state index is 10.2. The van der Waals surface area contributed by atoms with E-state index < -0.39 is 5.97 Å². The Morgan fingerprint density at radius 2 is 0.905 bits per heavy atom. The molecule has 0 spiro atoms. The van der Waals surface area contributed by atoms with Gasteiger partial charge >= 0.3 is 27.7 Å². The Bertz CT molecular complexity index is 207. The van der Waals surface area contributed by atoms with Crippen molar-refractivity contribution in [2.75, 3.05) is 0 Å². The number of carboxylic acids is 1. The molecule has 0 bridgehead atoms. The van der Waals surface area contributed by atoms with Crippen LogP contribution in [0.2, 0.25) is 0 Å². The Labute approximate surface area is 153 Å². The summed E-state index contributed by atoms with van der Waals surface area (Å²) >= 11 is 0. The number of rotatable bonds is 16. The van der Waals surface area contributed by atoms with Crippen LogP contribution in [0, 0.1) is 0 Å². The van der Waals surface area contributed by atoms with Gasteiger partial charge in [0.1, 0.15) is 0 Å². The van der Waals surface area contributed by atoms with E-state index in [2.05, 4.69) is 6.92 Å². The summed E-state index contributed by atoms with van der Waals surface area (Å²) in [6, 6.07) is 0. The second-order valence-electron chi connectivity index (χ2n) is 6.07. The van der Waals surface area contributed by atoms with Crippen molar-refractivity contribution in [3.8, 4) is 0 Å². The molecule has 0 amide bonds. The molecule has 21 heavy (non-hydrogen) atoms. The average Bonchev–Trinajstić information content (AvgIpc) is 2.43. The van der Waals surface area contributed by atoms with Gasteiger partial charge in [0.2, 0.25) is 0 Å². The Hall–Kier alpha value is 0.405. The normalized spacial score (nSPS) is 10.3. The van der Waals surface area contributed by atoms with Crippen molar-refractivity contribution in [1.82, 2.24) is 0 Å². The van der Waals surface area contributed by atoms with Gasteiger partial charge in [0.15, 0.2) is 0 Å². The zero-order valence-electron chi connectivity index (χ0n) is 14.3. The van der Waals surface area contributed by atoms with Crippen LogP contribution >= 0.6 is 0 Å². The third-order valence-corrected chi connectivity index (χ3v) is 3.98. The summed E-state index contributed by atoms with van der Waals surface area (Å²) in [6.07, 6.45) is 19.9. The number of hydrogen-bond donors (Lipinski definition) is 0. The number of unbranched alkanes of at least 4 members (excludes halogenated alkanes) is 14. The summed E-state index contributed by atoms with van der Waals surface area (Å²) in [5, 5.41) is 10.2. The molecular formula is C18H35HgO2. The maximum Gasteiger partial charge on any atom is 1.00 e. The summed E-state index contributed by atoms with van der Waals surface area (Å²) < 4.78 is 0. The Morgan fingerprint density at radius 3 is 1.19 bits per heavy atom. The molecule has 0 N–H and O–H groups in total. The van der Waals surface area contributed by atoms with E-state index in [9.17, 15) is 9.90 Å². The molecule has 0 heterocycles. The van der Waals surface area contributed by atoms with Gasteiger partial charge in [-0.05, 0) is 12.8 Å². The molecule has 0 fully saturated rings. The molecule has 0 aliphatic rings. The molecule has 0 aliphatic carbocycles. The van der Waals surface area contributed by atoms with Crippen LogP contribution in [0.15, 0.2) is 0 Å². The van der Waals surface area contributed by atoms with Crippen molar-refractivity contribution >= 4 is 5.97 Å². The van der Waals surface area contributed by atoms with Crippen LogP contribution in [0.3, 0.4) is 0 Å². The topological polar surface area (TPSA) is 40.1 Å². The van der Waals surface area contributed by atoms with Gasteiger partial charge in [-0.15, -0.1) is 0 Å². The van der Waals surface area contributed by atoms with Gasteiger partial charge in [0, 0.05) is 5.97 Å². The zero-order chi connectivity index (χ0) is 14.9. The molecule has 0 rings (SSSR count). The first-order valence-corrected chi connectivity index (χ1v) is 8.97. The molecule has 0 aliphatic heterocycles. The molecule has 3 heteroatoms. The van der Waals surface area contributed by atoms with E-state index in [-0.39, 0.29) is 34.1 Å². The van der Waals surface area contributed by atoms with E-state index >= 15 is 0 Å². The van der Waals surface area contributed by atoms with Crippen molar-refractivity contribution in [1.29, 1.82) is 0 Å². The van der Waals surface area contributed by atoms with Crippen LogP contribution in [0.25, 0.3) is 0 Å². The summed E-state index contributed by atoms with van der Waals surface area (Å²) in [6.45, 7) is 2.27. The summed E-state index contributed by atoms with van der Waals surface area (Å²) in [7, 11) is 0. The van der Waals surface area contributed by atoms with Crippen LogP contribution in [0.4, 0.5) is 0 Å². The molecule has 0 saturated carbocycles. The van der Waals surface area contributed by atoms with Crippen molar-refractivity contribution in [3.05, 3.63) is 0 Å². The predicted octanol–water partition coefficient (Wildman–Crippen LogP) is 5.00. The monoisotopic (exact) mass is 485 g/mol. The number of carboxylic acid groups (broad SMARTS) is 1. The van der Waals surface area contributed by atoms with Gasteiger partial charge in [0.05, 0.1) is 0 Å². The molecule has 0 unspecified atom stereocenters. The van der Waals surface area contributed by atoms with Crippen LogP contribution in [-0.4, -0.2) is 5.97 Å². The van der Waals surface area contributed by atoms with Crippen molar-refractivity contribution in [3.63, 3.8) is 0 Å². The van der Waals surface area contributed by atoms with Crippen LogP contribution in [0.1, 0.15) is 110 Å². The Kier molecular flexibility index (Phi) is 23.0. The quantitative estimate of drug-likeness (QED) is 0.229. The van der Waals surface area contributed by atoms with E-state index in [4.69, 9.17) is 0 Å². The standard InChI is InChI=1S/C18H36O2.Hg/c1-2-3-4-5-6-7-8-9-10-11-12-13-14-15-16-17-18(19)20;/h2-17H2,1H3,(H,19,20);/q;+1/p-1. The Balaban J connectivity index is 0. The molecule has 2 nitrogen and oxygen atoms in total. The van der Waals surface area contributed by atoms with Gasteiger partial charge < -0.3 is 9.90 Å². The van der Waals surface area contributed by atoms with Crippen LogP contribution < -0.4 is 5.11 Å². The summed E-state index contributed by atoms with van der Waals surface area (Å²) in [4.78, 5) is 10.2. The molecule has 0 aromatic carbocycles. The first-order chi connectivity index (χ1) is 9.77.